The Kier molecular flexibility index (Phi) is 7.45. The first-order valence-corrected chi connectivity index (χ1v) is 15.1. The molecule has 2 N–H and O–H groups in total. The Morgan fingerprint density at radius 1 is 1.11 bits per heavy atom. The van der Waals surface area contributed by atoms with Gasteiger partial charge in [0.2, 0.25) is 11.7 Å². The summed E-state index contributed by atoms with van der Waals surface area (Å²) in [6.45, 7) is 1.64. The third kappa shape index (κ3) is 5.61. The Bertz CT molecular complexity index is 1660. The fourth-order valence-electron chi connectivity index (χ4n) is 6.57. The van der Waals surface area contributed by atoms with Crippen LogP contribution in [0.2, 0.25) is 0 Å². The number of H-pyrrole nitrogens is 1. The number of aromatic nitrogens is 7. The lowest BCUT2D eigenvalue weighted by Crippen LogP contribution is -2.65. The predicted octanol–water partition coefficient (Wildman–Crippen LogP) is 4.59. The Morgan fingerprint density at radius 3 is 2.66 bits per heavy atom. The van der Waals surface area contributed by atoms with E-state index < -0.39 is 17.5 Å². The van der Waals surface area contributed by atoms with E-state index in [-0.39, 0.29) is 24.2 Å². The molecular weight excluding hydrogens is 573 g/mol. The number of nitrogens with one attached hydrogen (secondary N) is 2. The average Bonchev–Trinajstić information content (AvgIpc) is 3.64. The second kappa shape index (κ2) is 11.4. The van der Waals surface area contributed by atoms with E-state index in [0.29, 0.717) is 44.4 Å². The number of alkyl halides is 3. The van der Waals surface area contributed by atoms with Gasteiger partial charge >= 0.3 is 6.18 Å². The fraction of sp³-hybridized carbons (Fsp3) is 0.533. The van der Waals surface area contributed by atoms with Crippen molar-refractivity contribution in [1.82, 2.24) is 44.9 Å². The monoisotopic (exact) mass is 606 g/mol. The summed E-state index contributed by atoms with van der Waals surface area (Å²) < 4.78 is 48.5. The highest BCUT2D eigenvalue weighted by Crippen LogP contribution is 2.39. The summed E-state index contributed by atoms with van der Waals surface area (Å²) >= 11 is 0. The van der Waals surface area contributed by atoms with E-state index in [1.807, 2.05) is 23.1 Å². The quantitative estimate of drug-likeness (QED) is 0.281. The zero-order chi connectivity index (χ0) is 30.3. The van der Waals surface area contributed by atoms with Gasteiger partial charge in [-0.15, -0.1) is 0 Å². The summed E-state index contributed by atoms with van der Waals surface area (Å²) in [5.41, 5.74) is 2.27. The molecule has 0 bridgehead atoms. The van der Waals surface area contributed by atoms with E-state index >= 15 is 0 Å². The molecule has 11 nitrogen and oxygen atoms in total. The number of halogens is 3. The Balaban J connectivity index is 0.975. The molecule has 44 heavy (non-hydrogen) atoms. The highest BCUT2D eigenvalue weighted by atomic mass is 19.4. The van der Waals surface area contributed by atoms with E-state index in [1.165, 1.54) is 12.4 Å². The first-order chi connectivity index (χ1) is 21.3. The third-order valence-electron chi connectivity index (χ3n) is 9.23. The van der Waals surface area contributed by atoms with Crippen molar-refractivity contribution in [3.8, 4) is 23.2 Å². The summed E-state index contributed by atoms with van der Waals surface area (Å²) in [7, 11) is 0. The molecule has 0 amide bonds. The van der Waals surface area contributed by atoms with Gasteiger partial charge in [-0.2, -0.15) is 28.5 Å². The first-order valence-electron chi connectivity index (χ1n) is 15.1. The van der Waals surface area contributed by atoms with Crippen LogP contribution < -0.4 is 10.1 Å². The molecule has 0 unspecified atom stereocenters. The number of fused-ring (bicyclic) bond motifs is 1. The number of hydrogen-bond donors (Lipinski definition) is 2. The van der Waals surface area contributed by atoms with Crippen LogP contribution in [-0.2, 0) is 18.3 Å². The van der Waals surface area contributed by atoms with Crippen molar-refractivity contribution >= 4 is 11.0 Å². The standard InChI is InChI=1S/C30H33F3N10O/c31-30(32,33)28-40-21(14-36-20-2-1-3-20)12-25(41-28)44-23-6-4-22(5-7-23)42-16-29(17-42,9-10-34)43-15-19(13-39-43)26-24-8-11-35-27(24)38-18-37-26/h8,11-13,15,18,20,22-23,36H,1-7,9,14,16-17H2,(H,35,37,38). The van der Waals surface area contributed by atoms with Crippen molar-refractivity contribution < 1.29 is 17.9 Å². The molecule has 1 aliphatic heterocycles. The molecule has 3 aliphatic rings. The number of hydrogen-bond acceptors (Lipinski definition) is 9. The molecule has 0 aromatic carbocycles. The molecule has 0 spiro atoms. The summed E-state index contributed by atoms with van der Waals surface area (Å²) in [5.74, 6) is -1.18. The summed E-state index contributed by atoms with van der Waals surface area (Å²) in [4.78, 5) is 21.6. The molecule has 2 saturated carbocycles. The Labute approximate surface area is 251 Å². The largest absolute Gasteiger partial charge is 0.474 e. The number of nitrogens with zero attached hydrogens (tertiary/aromatic N) is 8. The molecule has 0 atom stereocenters. The number of nitriles is 1. The molecule has 2 aliphatic carbocycles. The van der Waals surface area contributed by atoms with E-state index in [0.717, 1.165) is 54.4 Å². The summed E-state index contributed by atoms with van der Waals surface area (Å²) in [6, 6.07) is 6.44. The number of aromatic amines is 1. The van der Waals surface area contributed by atoms with Gasteiger partial charge in [0.15, 0.2) is 0 Å². The number of ether oxygens (including phenoxy) is 1. The molecule has 5 heterocycles. The first kappa shape index (κ1) is 28.7. The van der Waals surface area contributed by atoms with Gasteiger partial charge in [-0.25, -0.2) is 15.0 Å². The fourth-order valence-corrected chi connectivity index (χ4v) is 6.57. The van der Waals surface area contributed by atoms with Crippen molar-refractivity contribution in [2.45, 2.75) is 87.8 Å². The maximum atomic E-state index is 13.5. The number of likely N-dealkylation sites (tertiary alicyclic amines) is 1. The van der Waals surface area contributed by atoms with Crippen LogP contribution in [-0.4, -0.2) is 70.9 Å². The number of rotatable bonds is 9. The van der Waals surface area contributed by atoms with Crippen LogP contribution in [0.5, 0.6) is 5.88 Å². The maximum absolute atomic E-state index is 13.5. The second-order valence-corrected chi connectivity index (χ2v) is 12.2. The van der Waals surface area contributed by atoms with Gasteiger partial charge in [0.1, 0.15) is 23.6 Å². The Hall–Kier alpha value is -4.09. The second-order valence-electron chi connectivity index (χ2n) is 12.2. The van der Waals surface area contributed by atoms with Gasteiger partial charge in [0.05, 0.1) is 30.1 Å². The highest BCUT2D eigenvalue weighted by molar-refractivity contribution is 5.90. The SMILES string of the molecule is N#CCC1(n2cc(-c3ncnc4[nH]ccc34)cn2)CN(C2CCC(Oc3cc(CNC4CCC4)nc(C(F)(F)F)n3)CC2)C1. The van der Waals surface area contributed by atoms with E-state index in [9.17, 15) is 18.4 Å². The van der Waals surface area contributed by atoms with Crippen molar-refractivity contribution in [2.75, 3.05) is 13.1 Å². The van der Waals surface area contributed by atoms with E-state index in [2.05, 4.69) is 46.3 Å². The van der Waals surface area contributed by atoms with Crippen molar-refractivity contribution in [1.29, 1.82) is 5.26 Å². The van der Waals surface area contributed by atoms with Crippen LogP contribution in [0.3, 0.4) is 0 Å². The minimum absolute atomic E-state index is 0.0201. The van der Waals surface area contributed by atoms with Crippen molar-refractivity contribution in [3.63, 3.8) is 0 Å². The maximum Gasteiger partial charge on any atom is 0.451 e. The van der Waals surface area contributed by atoms with Gasteiger partial charge < -0.3 is 15.0 Å². The van der Waals surface area contributed by atoms with Gasteiger partial charge in [0.25, 0.3) is 0 Å². The zero-order valence-electron chi connectivity index (χ0n) is 24.1. The summed E-state index contributed by atoms with van der Waals surface area (Å²) in [6.07, 6.45) is 8.86. The van der Waals surface area contributed by atoms with Crippen LogP contribution in [0.25, 0.3) is 22.3 Å². The highest BCUT2D eigenvalue weighted by Gasteiger charge is 2.48. The smallest absolute Gasteiger partial charge is 0.451 e. The zero-order valence-corrected chi connectivity index (χ0v) is 24.1. The van der Waals surface area contributed by atoms with Gasteiger partial charge in [-0.05, 0) is 44.6 Å². The lowest BCUT2D eigenvalue weighted by molar-refractivity contribution is -0.145. The molecule has 4 aromatic rings. The van der Waals surface area contributed by atoms with Crippen LogP contribution in [0, 0.1) is 11.3 Å². The van der Waals surface area contributed by atoms with E-state index in [1.54, 1.807) is 6.20 Å². The van der Waals surface area contributed by atoms with Crippen molar-refractivity contribution in [3.05, 3.63) is 48.6 Å². The molecule has 230 valence electrons. The van der Waals surface area contributed by atoms with Crippen LogP contribution in [0.15, 0.2) is 37.1 Å². The third-order valence-corrected chi connectivity index (χ3v) is 9.23. The molecule has 14 heteroatoms. The molecule has 0 radical (unpaired) electrons. The topological polar surface area (TPSA) is 133 Å². The molecular formula is C30H33F3N10O. The molecule has 4 aromatic heterocycles. The van der Waals surface area contributed by atoms with Crippen LogP contribution in [0.4, 0.5) is 13.2 Å². The van der Waals surface area contributed by atoms with Crippen LogP contribution in [0.1, 0.15) is 62.9 Å². The lowest BCUT2D eigenvalue weighted by Gasteiger charge is -2.53. The average molecular weight is 607 g/mol. The van der Waals surface area contributed by atoms with Gasteiger partial charge in [0, 0.05) is 61.1 Å². The molecule has 7 rings (SSSR count). The van der Waals surface area contributed by atoms with Crippen LogP contribution >= 0.6 is 0 Å². The summed E-state index contributed by atoms with van der Waals surface area (Å²) in [5, 5.41) is 18.5. The molecule has 3 fully saturated rings. The minimum Gasteiger partial charge on any atom is -0.474 e. The normalized spacial score (nSPS) is 22.3. The van der Waals surface area contributed by atoms with Gasteiger partial charge in [-0.3, -0.25) is 9.58 Å². The molecule has 1 saturated heterocycles. The lowest BCUT2D eigenvalue weighted by atomic mass is 9.82. The predicted molar refractivity (Wildman–Crippen MR) is 153 cm³/mol. The van der Waals surface area contributed by atoms with Gasteiger partial charge in [-0.1, -0.05) is 6.42 Å². The van der Waals surface area contributed by atoms with E-state index in [4.69, 9.17) is 4.74 Å². The Morgan fingerprint density at radius 2 is 1.93 bits per heavy atom. The minimum atomic E-state index is -4.64. The van der Waals surface area contributed by atoms with Crippen molar-refractivity contribution in [2.24, 2.45) is 0 Å².